The number of nitrogens with two attached hydrogens (primary N) is 1. The van der Waals surface area contributed by atoms with Crippen molar-refractivity contribution in [2.45, 2.75) is 0 Å². The molecule has 0 aromatic heterocycles. The van der Waals surface area contributed by atoms with Crippen molar-refractivity contribution in [3.63, 3.8) is 0 Å². The molecular formula is C4H11NO5PS+. The molecule has 0 aromatic carbocycles. The van der Waals surface area contributed by atoms with E-state index in [1.165, 1.54) is 0 Å². The molecule has 0 bridgehead atoms. The van der Waals surface area contributed by atoms with E-state index in [2.05, 4.69) is 4.52 Å². The normalized spacial score (nSPS) is 13.0. The first-order chi connectivity index (χ1) is 5.48. The van der Waals surface area contributed by atoms with Crippen molar-refractivity contribution in [1.82, 2.24) is 0 Å². The first-order valence-electron chi connectivity index (χ1n) is 3.14. The first kappa shape index (κ1) is 11.9. The highest BCUT2D eigenvalue weighted by molar-refractivity contribution is 7.91. The highest BCUT2D eigenvalue weighted by Crippen LogP contribution is 2.08. The van der Waals surface area contributed by atoms with Gasteiger partial charge in [-0.2, -0.15) is 0 Å². The zero-order chi connectivity index (χ0) is 9.61. The monoisotopic (exact) mass is 216 g/mol. The van der Waals surface area contributed by atoms with Gasteiger partial charge >= 0.3 is 8.18 Å². The van der Waals surface area contributed by atoms with E-state index in [-0.39, 0.29) is 18.1 Å². The van der Waals surface area contributed by atoms with Crippen LogP contribution in [0.2, 0.25) is 0 Å². The van der Waals surface area contributed by atoms with Crippen LogP contribution in [-0.2, 0) is 18.9 Å². The molecular weight excluding hydrogens is 205 g/mol. The zero-order valence-electron chi connectivity index (χ0n) is 6.34. The Hall–Kier alpha value is -0.0700. The fourth-order valence-electron chi connectivity index (χ4n) is 0.495. The molecule has 0 saturated carbocycles. The van der Waals surface area contributed by atoms with Crippen molar-refractivity contribution in [2.75, 3.05) is 24.7 Å². The van der Waals surface area contributed by atoms with E-state index in [1.54, 1.807) is 0 Å². The SMILES string of the molecule is N[P+](=O)OCCS(=O)(=O)CCO. The summed E-state index contributed by atoms with van der Waals surface area (Å²) in [6.45, 7) is -0.620. The Bertz CT molecular complexity index is 238. The summed E-state index contributed by atoms with van der Waals surface area (Å²) in [5.41, 5.74) is 4.74. The first-order valence-corrected chi connectivity index (χ1v) is 6.21. The summed E-state index contributed by atoms with van der Waals surface area (Å²) in [4.78, 5) is 0. The Labute approximate surface area is 71.6 Å². The van der Waals surface area contributed by atoms with E-state index in [0.717, 1.165) is 0 Å². The van der Waals surface area contributed by atoms with Gasteiger partial charge in [0.1, 0.15) is 6.61 Å². The number of sulfone groups is 1. The second kappa shape index (κ2) is 5.55. The Kier molecular flexibility index (Phi) is 5.52. The fraction of sp³-hybridized carbons (Fsp3) is 1.00. The van der Waals surface area contributed by atoms with Gasteiger partial charge in [0, 0.05) is 0 Å². The summed E-state index contributed by atoms with van der Waals surface area (Å²) < 4.78 is 36.2. The van der Waals surface area contributed by atoms with E-state index < -0.39 is 24.6 Å². The molecule has 0 aliphatic heterocycles. The summed E-state index contributed by atoms with van der Waals surface area (Å²) in [6.07, 6.45) is 0. The molecule has 0 amide bonds. The molecule has 12 heavy (non-hydrogen) atoms. The van der Waals surface area contributed by atoms with E-state index in [1.807, 2.05) is 0 Å². The lowest BCUT2D eigenvalue weighted by molar-refractivity contribution is 0.318. The van der Waals surface area contributed by atoms with Crippen molar-refractivity contribution in [3.05, 3.63) is 0 Å². The van der Waals surface area contributed by atoms with Crippen LogP contribution in [0.1, 0.15) is 0 Å². The lowest BCUT2D eigenvalue weighted by Gasteiger charge is -1.96. The molecule has 72 valence electrons. The van der Waals surface area contributed by atoms with Gasteiger partial charge in [-0.05, 0) is 4.57 Å². The fourth-order valence-corrected chi connectivity index (χ4v) is 1.71. The topological polar surface area (TPSA) is 107 Å². The largest absolute Gasteiger partial charge is 0.610 e. The third-order valence-electron chi connectivity index (χ3n) is 1.02. The number of aliphatic hydroxyl groups excluding tert-OH is 1. The van der Waals surface area contributed by atoms with Gasteiger partial charge in [-0.3, -0.25) is 0 Å². The molecule has 0 aromatic rings. The maximum absolute atomic E-state index is 10.8. The van der Waals surface area contributed by atoms with Crippen LogP contribution in [0.5, 0.6) is 0 Å². The van der Waals surface area contributed by atoms with Crippen LogP contribution in [-0.4, -0.2) is 38.2 Å². The minimum Gasteiger partial charge on any atom is -0.395 e. The van der Waals surface area contributed by atoms with Gasteiger partial charge in [0.2, 0.25) is 0 Å². The standard InChI is InChI=1S/C4H11NO5PS/c5-11(7)10-2-4-12(8,9)3-1-6/h6H,1-4H2,(H2,5,7)/q+1. The Balaban J connectivity index is 3.69. The predicted octanol–water partition coefficient (Wildman–Crippen LogP) is -0.974. The molecule has 6 nitrogen and oxygen atoms in total. The smallest absolute Gasteiger partial charge is 0.395 e. The molecule has 0 spiro atoms. The van der Waals surface area contributed by atoms with Crippen molar-refractivity contribution < 1.29 is 22.6 Å². The molecule has 3 N–H and O–H groups in total. The average molecular weight is 216 g/mol. The highest BCUT2D eigenvalue weighted by Gasteiger charge is 2.14. The van der Waals surface area contributed by atoms with Gasteiger partial charge in [-0.1, -0.05) is 5.50 Å². The van der Waals surface area contributed by atoms with Crippen LogP contribution in [0.25, 0.3) is 0 Å². The van der Waals surface area contributed by atoms with Crippen molar-refractivity contribution in [1.29, 1.82) is 0 Å². The number of hydrogen-bond acceptors (Lipinski definition) is 5. The average Bonchev–Trinajstić information content (AvgIpc) is 1.85. The van der Waals surface area contributed by atoms with Gasteiger partial charge in [-0.15, -0.1) is 4.52 Å². The summed E-state index contributed by atoms with van der Waals surface area (Å²) >= 11 is 0. The summed E-state index contributed by atoms with van der Waals surface area (Å²) in [6, 6.07) is 0. The van der Waals surface area contributed by atoms with E-state index in [4.69, 9.17) is 10.6 Å². The van der Waals surface area contributed by atoms with Crippen molar-refractivity contribution >= 4 is 18.0 Å². The molecule has 0 aliphatic rings. The van der Waals surface area contributed by atoms with Crippen LogP contribution in [0, 0.1) is 0 Å². The molecule has 0 fully saturated rings. The lowest BCUT2D eigenvalue weighted by atomic mass is 10.9. The molecule has 1 atom stereocenters. The van der Waals surface area contributed by atoms with E-state index in [0.29, 0.717) is 0 Å². The van der Waals surface area contributed by atoms with Crippen LogP contribution < -0.4 is 5.50 Å². The van der Waals surface area contributed by atoms with Crippen molar-refractivity contribution in [3.8, 4) is 0 Å². The summed E-state index contributed by atoms with van der Waals surface area (Å²) in [5.74, 6) is -0.580. The molecule has 0 radical (unpaired) electrons. The third-order valence-corrected chi connectivity index (χ3v) is 3.05. The quantitative estimate of drug-likeness (QED) is 0.553. The molecule has 0 heterocycles. The summed E-state index contributed by atoms with van der Waals surface area (Å²) in [7, 11) is -5.53. The predicted molar refractivity (Wildman–Crippen MR) is 43.5 cm³/mol. The lowest BCUT2D eigenvalue weighted by Crippen LogP contribution is -2.16. The van der Waals surface area contributed by atoms with Gasteiger partial charge in [0.25, 0.3) is 0 Å². The Morgan fingerprint density at radius 3 is 2.42 bits per heavy atom. The highest BCUT2D eigenvalue weighted by atomic mass is 32.2. The van der Waals surface area contributed by atoms with Crippen LogP contribution in [0.3, 0.4) is 0 Å². The molecule has 0 aliphatic carbocycles. The number of aliphatic hydroxyl groups is 1. The molecule has 0 saturated heterocycles. The van der Waals surface area contributed by atoms with Crippen LogP contribution >= 0.6 is 8.18 Å². The third kappa shape index (κ3) is 6.63. The maximum Gasteiger partial charge on any atom is 0.610 e. The van der Waals surface area contributed by atoms with Gasteiger partial charge < -0.3 is 5.11 Å². The van der Waals surface area contributed by atoms with Crippen LogP contribution in [0.4, 0.5) is 0 Å². The van der Waals surface area contributed by atoms with E-state index >= 15 is 0 Å². The van der Waals surface area contributed by atoms with E-state index in [9.17, 15) is 13.0 Å². The zero-order valence-corrected chi connectivity index (χ0v) is 8.05. The number of hydrogen-bond donors (Lipinski definition) is 2. The van der Waals surface area contributed by atoms with Crippen molar-refractivity contribution in [2.24, 2.45) is 5.50 Å². The van der Waals surface area contributed by atoms with Gasteiger partial charge in [0.05, 0.1) is 18.1 Å². The van der Waals surface area contributed by atoms with Gasteiger partial charge in [-0.25, -0.2) is 8.42 Å². The second-order valence-electron chi connectivity index (χ2n) is 1.99. The number of rotatable bonds is 6. The Morgan fingerprint density at radius 2 is 2.00 bits per heavy atom. The second-order valence-corrected chi connectivity index (χ2v) is 5.13. The minimum absolute atomic E-state index is 0.200. The molecule has 1 unspecified atom stereocenters. The minimum atomic E-state index is -3.29. The molecule has 8 heteroatoms. The van der Waals surface area contributed by atoms with Gasteiger partial charge in [0.15, 0.2) is 9.84 Å². The Morgan fingerprint density at radius 1 is 1.42 bits per heavy atom. The summed E-state index contributed by atoms with van der Waals surface area (Å²) in [5, 5.41) is 8.31. The van der Waals surface area contributed by atoms with Crippen LogP contribution in [0.15, 0.2) is 0 Å². The maximum atomic E-state index is 10.8. The molecule has 0 rings (SSSR count).